The molecule has 0 aliphatic carbocycles. The highest BCUT2D eigenvalue weighted by atomic mass is 32.1. The summed E-state index contributed by atoms with van der Waals surface area (Å²) in [4.78, 5) is 20.6. The summed E-state index contributed by atoms with van der Waals surface area (Å²) in [5.74, 6) is 0.00104. The minimum Gasteiger partial charge on any atom is -0.481 e. The zero-order chi connectivity index (χ0) is 15.2. The van der Waals surface area contributed by atoms with Gasteiger partial charge in [0.2, 0.25) is 17.9 Å². The molecule has 0 saturated carbocycles. The van der Waals surface area contributed by atoms with E-state index in [9.17, 15) is 4.79 Å². The van der Waals surface area contributed by atoms with Gasteiger partial charge in [0.1, 0.15) is 0 Å². The topological polar surface area (TPSA) is 79.8 Å². The Hall–Kier alpha value is -2.35. The highest BCUT2D eigenvalue weighted by Crippen LogP contribution is 2.27. The highest BCUT2D eigenvalue weighted by molar-refractivity contribution is 7.10. The molecular weight excluding hydrogens is 296 g/mol. The first-order chi connectivity index (χ1) is 10.2. The second-order valence-corrected chi connectivity index (χ2v) is 4.75. The van der Waals surface area contributed by atoms with Crippen molar-refractivity contribution in [1.29, 1.82) is 0 Å². The van der Waals surface area contributed by atoms with Gasteiger partial charge in [-0.3, -0.25) is 0 Å². The molecule has 0 aliphatic heterocycles. The van der Waals surface area contributed by atoms with Crippen LogP contribution >= 0.6 is 11.3 Å². The standard InChI is InChI=1S/C13H14N2O5S/c1-17-9-7-10(18-2)15-13(14-9)20-11(12(16)19-3)8-5-4-6-21-8/h4-7,11H,1-3H3. The Morgan fingerprint density at radius 1 is 1.19 bits per heavy atom. The van der Waals surface area contributed by atoms with Crippen molar-refractivity contribution in [3.05, 3.63) is 28.5 Å². The molecule has 2 heterocycles. The number of carbonyl (C=O) groups excluding carboxylic acids is 1. The second-order valence-electron chi connectivity index (χ2n) is 3.77. The molecule has 7 nitrogen and oxygen atoms in total. The number of ether oxygens (including phenoxy) is 4. The van der Waals surface area contributed by atoms with Gasteiger partial charge in [0.25, 0.3) is 0 Å². The summed E-state index contributed by atoms with van der Waals surface area (Å²) in [6, 6.07) is 5.05. The van der Waals surface area contributed by atoms with Crippen molar-refractivity contribution in [3.8, 4) is 17.8 Å². The van der Waals surface area contributed by atoms with Crippen LogP contribution < -0.4 is 14.2 Å². The maximum absolute atomic E-state index is 11.9. The molecule has 0 amide bonds. The van der Waals surface area contributed by atoms with E-state index in [4.69, 9.17) is 18.9 Å². The number of aromatic nitrogens is 2. The van der Waals surface area contributed by atoms with Crippen LogP contribution in [-0.4, -0.2) is 37.3 Å². The number of hydrogen-bond acceptors (Lipinski definition) is 8. The van der Waals surface area contributed by atoms with Crippen LogP contribution in [0, 0.1) is 0 Å². The van der Waals surface area contributed by atoms with Crippen LogP contribution in [0.5, 0.6) is 17.8 Å². The maximum Gasteiger partial charge on any atom is 0.352 e. The number of carbonyl (C=O) groups is 1. The molecular formula is C13H14N2O5S. The first-order valence-corrected chi connectivity index (χ1v) is 6.81. The molecule has 0 spiro atoms. The van der Waals surface area contributed by atoms with Crippen LogP contribution in [0.25, 0.3) is 0 Å². The number of hydrogen-bond donors (Lipinski definition) is 0. The fraction of sp³-hybridized carbons (Fsp3) is 0.308. The van der Waals surface area contributed by atoms with Crippen molar-refractivity contribution in [2.45, 2.75) is 6.10 Å². The summed E-state index contributed by atoms with van der Waals surface area (Å²) < 4.78 is 20.4. The summed E-state index contributed by atoms with van der Waals surface area (Å²) >= 11 is 1.37. The second kappa shape index (κ2) is 6.89. The van der Waals surface area contributed by atoms with Gasteiger partial charge in [-0.1, -0.05) is 6.07 Å². The number of rotatable bonds is 6. The first-order valence-electron chi connectivity index (χ1n) is 5.93. The predicted molar refractivity (Wildman–Crippen MR) is 74.8 cm³/mol. The number of thiophene rings is 1. The molecule has 8 heteroatoms. The minimum atomic E-state index is -0.938. The summed E-state index contributed by atoms with van der Waals surface area (Å²) in [6.45, 7) is 0. The molecule has 0 aromatic carbocycles. The van der Waals surface area contributed by atoms with Gasteiger partial charge in [-0.2, -0.15) is 9.97 Å². The Balaban J connectivity index is 2.30. The van der Waals surface area contributed by atoms with Crippen LogP contribution in [0.1, 0.15) is 11.0 Å². The third-order valence-corrected chi connectivity index (χ3v) is 3.43. The van der Waals surface area contributed by atoms with Crippen molar-refractivity contribution in [1.82, 2.24) is 9.97 Å². The lowest BCUT2D eigenvalue weighted by Crippen LogP contribution is -2.20. The molecule has 1 unspecified atom stereocenters. The van der Waals surface area contributed by atoms with E-state index in [2.05, 4.69) is 9.97 Å². The SMILES string of the molecule is COC(=O)C(Oc1nc(OC)cc(OC)n1)c1cccs1. The van der Waals surface area contributed by atoms with E-state index in [-0.39, 0.29) is 17.8 Å². The predicted octanol–water partition coefficient (Wildman–Crippen LogP) is 1.85. The molecule has 2 rings (SSSR count). The van der Waals surface area contributed by atoms with Gasteiger partial charge in [-0.15, -0.1) is 11.3 Å². The smallest absolute Gasteiger partial charge is 0.352 e. The lowest BCUT2D eigenvalue weighted by molar-refractivity contribution is -0.149. The normalized spacial score (nSPS) is 11.6. The van der Waals surface area contributed by atoms with Crippen LogP contribution in [0.15, 0.2) is 23.6 Å². The molecule has 0 saturated heterocycles. The quantitative estimate of drug-likeness (QED) is 0.753. The lowest BCUT2D eigenvalue weighted by Gasteiger charge is -2.14. The molecule has 2 aromatic heterocycles. The lowest BCUT2D eigenvalue weighted by atomic mass is 10.3. The molecule has 0 fully saturated rings. The highest BCUT2D eigenvalue weighted by Gasteiger charge is 2.26. The zero-order valence-electron chi connectivity index (χ0n) is 11.7. The largest absolute Gasteiger partial charge is 0.481 e. The molecule has 1 atom stereocenters. The zero-order valence-corrected chi connectivity index (χ0v) is 12.5. The van der Waals surface area contributed by atoms with E-state index in [0.29, 0.717) is 4.88 Å². The van der Waals surface area contributed by atoms with E-state index in [0.717, 1.165) is 0 Å². The Morgan fingerprint density at radius 2 is 1.86 bits per heavy atom. The van der Waals surface area contributed by atoms with E-state index in [1.165, 1.54) is 38.7 Å². The van der Waals surface area contributed by atoms with E-state index < -0.39 is 12.1 Å². The Labute approximate surface area is 125 Å². The molecule has 21 heavy (non-hydrogen) atoms. The third-order valence-electron chi connectivity index (χ3n) is 2.52. The third kappa shape index (κ3) is 3.60. The summed E-state index contributed by atoms with van der Waals surface area (Å²) in [7, 11) is 4.21. The van der Waals surface area contributed by atoms with Gasteiger partial charge in [0, 0.05) is 0 Å². The van der Waals surface area contributed by atoms with Gasteiger partial charge in [0.15, 0.2) is 0 Å². The van der Waals surface area contributed by atoms with Crippen LogP contribution in [0.4, 0.5) is 0 Å². The molecule has 112 valence electrons. The molecule has 0 aliphatic rings. The van der Waals surface area contributed by atoms with E-state index in [1.807, 2.05) is 11.4 Å². The van der Waals surface area contributed by atoms with Crippen molar-refractivity contribution in [2.24, 2.45) is 0 Å². The van der Waals surface area contributed by atoms with Crippen molar-refractivity contribution in [2.75, 3.05) is 21.3 Å². The first kappa shape index (κ1) is 15.0. The monoisotopic (exact) mass is 310 g/mol. The van der Waals surface area contributed by atoms with Crippen molar-refractivity contribution >= 4 is 17.3 Å². The Kier molecular flexibility index (Phi) is 4.94. The van der Waals surface area contributed by atoms with Gasteiger partial charge < -0.3 is 18.9 Å². The van der Waals surface area contributed by atoms with Crippen LogP contribution in [0.3, 0.4) is 0 Å². The number of methoxy groups -OCH3 is 3. The van der Waals surface area contributed by atoms with Gasteiger partial charge in [0.05, 0.1) is 32.3 Å². The van der Waals surface area contributed by atoms with Crippen molar-refractivity contribution < 1.29 is 23.7 Å². The Bertz CT molecular complexity index is 580. The Morgan fingerprint density at radius 3 is 2.33 bits per heavy atom. The molecule has 0 bridgehead atoms. The number of nitrogens with zero attached hydrogens (tertiary/aromatic N) is 2. The summed E-state index contributed by atoms with van der Waals surface area (Å²) in [5.41, 5.74) is 0. The van der Waals surface area contributed by atoms with Crippen LogP contribution in [0.2, 0.25) is 0 Å². The van der Waals surface area contributed by atoms with Crippen LogP contribution in [-0.2, 0) is 9.53 Å². The average Bonchev–Trinajstić information content (AvgIpc) is 3.05. The fourth-order valence-corrected chi connectivity index (χ4v) is 2.26. The van der Waals surface area contributed by atoms with Gasteiger partial charge in [-0.25, -0.2) is 4.79 Å². The maximum atomic E-state index is 11.9. The number of esters is 1. The molecule has 0 radical (unpaired) electrons. The van der Waals surface area contributed by atoms with E-state index in [1.54, 1.807) is 6.07 Å². The summed E-state index contributed by atoms with van der Waals surface area (Å²) in [5, 5.41) is 1.83. The van der Waals surface area contributed by atoms with Crippen molar-refractivity contribution in [3.63, 3.8) is 0 Å². The minimum absolute atomic E-state index is 0.0324. The fourth-order valence-electron chi connectivity index (χ4n) is 1.52. The van der Waals surface area contributed by atoms with E-state index >= 15 is 0 Å². The van der Waals surface area contributed by atoms with Gasteiger partial charge >= 0.3 is 12.0 Å². The molecule has 0 N–H and O–H groups in total. The molecule has 2 aromatic rings. The average molecular weight is 310 g/mol. The van der Waals surface area contributed by atoms with Gasteiger partial charge in [-0.05, 0) is 11.4 Å². The summed E-state index contributed by atoms with van der Waals surface area (Å²) in [6.07, 6.45) is -0.938.